The molecule has 1 aliphatic carbocycles. The van der Waals surface area contributed by atoms with Crippen molar-refractivity contribution in [2.45, 2.75) is 39.7 Å². The predicted octanol–water partition coefficient (Wildman–Crippen LogP) is 3.67. The summed E-state index contributed by atoms with van der Waals surface area (Å²) in [6.07, 6.45) is 1.77. The molecule has 3 nitrogen and oxygen atoms in total. The second kappa shape index (κ2) is 8.88. The highest BCUT2D eigenvalue weighted by atomic mass is 35.5. The molecule has 21 heavy (non-hydrogen) atoms. The third-order valence-corrected chi connectivity index (χ3v) is 3.59. The first-order valence-corrected chi connectivity index (χ1v) is 7.86. The van der Waals surface area contributed by atoms with Crippen molar-refractivity contribution in [3.63, 3.8) is 0 Å². The van der Waals surface area contributed by atoms with E-state index in [4.69, 9.17) is 16.3 Å². The number of benzene rings is 1. The van der Waals surface area contributed by atoms with Crippen LogP contribution in [-0.2, 0) is 4.79 Å². The molecule has 0 aliphatic heterocycles. The molecule has 0 spiro atoms. The SMILES string of the molecule is CC.Cc1ccc(F)cc1OCC1CC(NC(=O)CCl)C1. The minimum absolute atomic E-state index is 0.000152. The highest BCUT2D eigenvalue weighted by molar-refractivity contribution is 6.27. The quantitative estimate of drug-likeness (QED) is 0.842. The molecular weight excluding hydrogens is 293 g/mol. The van der Waals surface area contributed by atoms with E-state index in [0.717, 1.165) is 18.4 Å². The predicted molar refractivity (Wildman–Crippen MR) is 83.4 cm³/mol. The van der Waals surface area contributed by atoms with E-state index in [-0.39, 0.29) is 23.6 Å². The molecule has 1 N–H and O–H groups in total. The lowest BCUT2D eigenvalue weighted by atomic mass is 9.81. The second-order valence-corrected chi connectivity index (χ2v) is 5.22. The third-order valence-electron chi connectivity index (χ3n) is 3.35. The lowest BCUT2D eigenvalue weighted by Crippen LogP contribution is -2.46. The number of nitrogens with one attached hydrogen (secondary N) is 1. The molecule has 118 valence electrons. The molecular formula is C16H23ClFNO2. The number of alkyl halides is 1. The van der Waals surface area contributed by atoms with Gasteiger partial charge in [0.15, 0.2) is 0 Å². The van der Waals surface area contributed by atoms with Gasteiger partial charge in [-0.05, 0) is 37.3 Å². The summed E-state index contributed by atoms with van der Waals surface area (Å²) in [5.74, 6) is 0.574. The van der Waals surface area contributed by atoms with Crippen molar-refractivity contribution in [3.8, 4) is 5.75 Å². The molecule has 2 rings (SSSR count). The van der Waals surface area contributed by atoms with E-state index in [0.29, 0.717) is 18.3 Å². The van der Waals surface area contributed by atoms with Crippen molar-refractivity contribution in [3.05, 3.63) is 29.6 Å². The number of aryl methyl sites for hydroxylation is 1. The average Bonchev–Trinajstić information content (AvgIpc) is 2.46. The Labute approximate surface area is 130 Å². The zero-order chi connectivity index (χ0) is 15.8. The highest BCUT2D eigenvalue weighted by Crippen LogP contribution is 2.29. The van der Waals surface area contributed by atoms with Gasteiger partial charge in [0.25, 0.3) is 0 Å². The van der Waals surface area contributed by atoms with Crippen molar-refractivity contribution in [2.75, 3.05) is 12.5 Å². The second-order valence-electron chi connectivity index (χ2n) is 4.96. The Morgan fingerprint density at radius 1 is 1.43 bits per heavy atom. The maximum atomic E-state index is 13.1. The summed E-state index contributed by atoms with van der Waals surface area (Å²) in [6, 6.07) is 4.73. The normalized spacial score (nSPS) is 19.9. The van der Waals surface area contributed by atoms with Crippen molar-refractivity contribution < 1.29 is 13.9 Å². The van der Waals surface area contributed by atoms with Gasteiger partial charge in [-0.1, -0.05) is 19.9 Å². The number of carbonyl (C=O) groups excluding carboxylic acids is 1. The maximum absolute atomic E-state index is 13.1. The molecule has 5 heteroatoms. The lowest BCUT2D eigenvalue weighted by molar-refractivity contribution is -0.120. The topological polar surface area (TPSA) is 38.3 Å². The number of rotatable bonds is 5. The third kappa shape index (κ3) is 5.54. The standard InChI is InChI=1S/C14H17ClFNO2.C2H6/c1-9-2-3-11(16)6-13(9)19-8-10-4-12(5-10)17-14(18)7-15;1-2/h2-3,6,10,12H,4-5,7-8H2,1H3,(H,17,18);1-2H3. The molecule has 1 amide bonds. The minimum atomic E-state index is -0.290. The average molecular weight is 316 g/mol. The van der Waals surface area contributed by atoms with Gasteiger partial charge < -0.3 is 10.1 Å². The highest BCUT2D eigenvalue weighted by Gasteiger charge is 2.30. The summed E-state index contributed by atoms with van der Waals surface area (Å²) in [7, 11) is 0. The molecule has 0 radical (unpaired) electrons. The Balaban J connectivity index is 0.00000106. The Kier molecular flexibility index (Phi) is 7.51. The first kappa shape index (κ1) is 17.8. The van der Waals surface area contributed by atoms with E-state index >= 15 is 0 Å². The molecule has 0 heterocycles. The Hall–Kier alpha value is -1.29. The van der Waals surface area contributed by atoms with Crippen LogP contribution < -0.4 is 10.1 Å². The molecule has 1 aliphatic rings. The molecule has 1 aromatic carbocycles. The van der Waals surface area contributed by atoms with Crippen LogP contribution in [0.1, 0.15) is 32.3 Å². The molecule has 0 unspecified atom stereocenters. The Morgan fingerprint density at radius 3 is 2.71 bits per heavy atom. The van der Waals surface area contributed by atoms with E-state index in [1.807, 2.05) is 20.8 Å². The summed E-state index contributed by atoms with van der Waals surface area (Å²) >= 11 is 5.41. The zero-order valence-corrected chi connectivity index (χ0v) is 13.5. The monoisotopic (exact) mass is 315 g/mol. The Bertz CT molecular complexity index is 462. The van der Waals surface area contributed by atoms with Crippen LogP contribution in [0.15, 0.2) is 18.2 Å². The van der Waals surface area contributed by atoms with Crippen molar-refractivity contribution in [1.29, 1.82) is 0 Å². The van der Waals surface area contributed by atoms with Gasteiger partial charge in [-0.2, -0.15) is 0 Å². The lowest BCUT2D eigenvalue weighted by Gasteiger charge is -2.35. The van der Waals surface area contributed by atoms with Gasteiger partial charge in [-0.15, -0.1) is 11.6 Å². The summed E-state index contributed by atoms with van der Waals surface area (Å²) < 4.78 is 18.7. The number of hydrogen-bond acceptors (Lipinski definition) is 2. The zero-order valence-electron chi connectivity index (χ0n) is 12.8. The van der Waals surface area contributed by atoms with Crippen LogP contribution in [0.5, 0.6) is 5.75 Å². The van der Waals surface area contributed by atoms with Gasteiger partial charge in [-0.3, -0.25) is 4.79 Å². The summed E-state index contributed by atoms with van der Waals surface area (Å²) in [6.45, 7) is 6.44. The first-order chi connectivity index (χ1) is 10.1. The number of carbonyl (C=O) groups is 1. The fourth-order valence-electron chi connectivity index (χ4n) is 2.19. The van der Waals surface area contributed by atoms with E-state index in [2.05, 4.69) is 5.32 Å². The molecule has 1 saturated carbocycles. The van der Waals surface area contributed by atoms with E-state index < -0.39 is 0 Å². The minimum Gasteiger partial charge on any atom is -0.493 e. The molecule has 0 saturated heterocycles. The van der Waals surface area contributed by atoms with Gasteiger partial charge in [0.05, 0.1) is 6.61 Å². The summed E-state index contributed by atoms with van der Waals surface area (Å²) in [5.41, 5.74) is 0.924. The molecule has 0 atom stereocenters. The largest absolute Gasteiger partial charge is 0.493 e. The summed E-state index contributed by atoms with van der Waals surface area (Å²) in [4.78, 5) is 11.1. The van der Waals surface area contributed by atoms with Crippen LogP contribution in [-0.4, -0.2) is 24.4 Å². The van der Waals surface area contributed by atoms with Crippen LogP contribution in [0.25, 0.3) is 0 Å². The number of halogens is 2. The smallest absolute Gasteiger partial charge is 0.235 e. The molecule has 1 fully saturated rings. The van der Waals surface area contributed by atoms with Gasteiger partial charge in [0, 0.05) is 12.1 Å². The Morgan fingerprint density at radius 2 is 2.10 bits per heavy atom. The number of amides is 1. The van der Waals surface area contributed by atoms with Crippen LogP contribution in [0, 0.1) is 18.7 Å². The molecule has 0 aromatic heterocycles. The maximum Gasteiger partial charge on any atom is 0.235 e. The number of hydrogen-bond donors (Lipinski definition) is 1. The van der Waals surface area contributed by atoms with E-state index in [9.17, 15) is 9.18 Å². The van der Waals surface area contributed by atoms with Crippen molar-refractivity contribution in [2.24, 2.45) is 5.92 Å². The van der Waals surface area contributed by atoms with Crippen LogP contribution in [0.2, 0.25) is 0 Å². The van der Waals surface area contributed by atoms with Gasteiger partial charge >= 0.3 is 0 Å². The molecule has 1 aromatic rings. The van der Waals surface area contributed by atoms with Gasteiger partial charge in [0.2, 0.25) is 5.91 Å². The van der Waals surface area contributed by atoms with Gasteiger partial charge in [0.1, 0.15) is 17.4 Å². The molecule has 0 bridgehead atoms. The fraction of sp³-hybridized carbons (Fsp3) is 0.562. The number of ether oxygens (including phenoxy) is 1. The van der Waals surface area contributed by atoms with Crippen molar-refractivity contribution in [1.82, 2.24) is 5.32 Å². The van der Waals surface area contributed by atoms with Crippen molar-refractivity contribution >= 4 is 17.5 Å². The van der Waals surface area contributed by atoms with Crippen LogP contribution >= 0.6 is 11.6 Å². The van der Waals surface area contributed by atoms with Crippen LogP contribution in [0.4, 0.5) is 4.39 Å². The fourth-order valence-corrected chi connectivity index (χ4v) is 2.27. The van der Waals surface area contributed by atoms with Crippen LogP contribution in [0.3, 0.4) is 0 Å². The van der Waals surface area contributed by atoms with Gasteiger partial charge in [-0.25, -0.2) is 4.39 Å². The van der Waals surface area contributed by atoms with E-state index in [1.165, 1.54) is 12.1 Å². The first-order valence-electron chi connectivity index (χ1n) is 7.32. The summed E-state index contributed by atoms with van der Waals surface area (Å²) in [5, 5.41) is 2.83. The van der Waals surface area contributed by atoms with E-state index in [1.54, 1.807) is 6.07 Å².